The lowest BCUT2D eigenvalue weighted by Crippen LogP contribution is -2.45. The second kappa shape index (κ2) is 8.07. The minimum atomic E-state index is 0.557. The topological polar surface area (TPSA) is 58.3 Å². The van der Waals surface area contributed by atoms with E-state index in [1.54, 1.807) is 0 Å². The van der Waals surface area contributed by atoms with E-state index in [2.05, 4.69) is 47.0 Å². The summed E-state index contributed by atoms with van der Waals surface area (Å²) in [6, 6.07) is 13.9. The molecule has 4 rings (SSSR count). The quantitative estimate of drug-likeness (QED) is 0.639. The van der Waals surface area contributed by atoms with Crippen LogP contribution in [-0.4, -0.2) is 51.2 Å². The molecule has 3 heterocycles. The fourth-order valence-electron chi connectivity index (χ4n) is 3.08. The second-order valence-corrected chi connectivity index (χ2v) is 7.21. The van der Waals surface area contributed by atoms with Crippen LogP contribution in [-0.2, 0) is 13.1 Å². The Labute approximate surface area is 161 Å². The summed E-state index contributed by atoms with van der Waals surface area (Å²) in [6.45, 7) is 5.60. The van der Waals surface area contributed by atoms with Gasteiger partial charge in [-0.2, -0.15) is 0 Å². The van der Waals surface area contributed by atoms with Crippen molar-refractivity contribution in [2.24, 2.45) is 0 Å². The monoisotopic (exact) mass is 413 g/mol. The first-order valence-corrected chi connectivity index (χ1v) is 9.49. The Hall–Kier alpha value is -2.09. The zero-order valence-electron chi connectivity index (χ0n) is 14.4. The van der Waals surface area contributed by atoms with Crippen LogP contribution in [0.4, 0.5) is 0 Å². The molecule has 0 unspecified atom stereocenters. The first-order valence-electron chi connectivity index (χ1n) is 8.70. The maximum Gasteiger partial charge on any atom is 0.248 e. The van der Waals surface area contributed by atoms with Crippen molar-refractivity contribution in [3.63, 3.8) is 0 Å². The first kappa shape index (κ1) is 17.3. The van der Waals surface area contributed by atoms with Crippen LogP contribution in [0.15, 0.2) is 57.6 Å². The van der Waals surface area contributed by atoms with Crippen molar-refractivity contribution in [1.29, 1.82) is 0 Å². The number of hydrogen-bond donors (Lipinski definition) is 0. The lowest BCUT2D eigenvalue weighted by Gasteiger charge is -2.33. The van der Waals surface area contributed by atoms with Crippen LogP contribution in [0, 0.1) is 0 Å². The molecule has 0 N–H and O–H groups in total. The van der Waals surface area contributed by atoms with Crippen LogP contribution < -0.4 is 0 Å². The Morgan fingerprint density at radius 3 is 2.35 bits per heavy atom. The summed E-state index contributed by atoms with van der Waals surface area (Å²) in [5.41, 5.74) is 2.04. The van der Waals surface area contributed by atoms with Crippen molar-refractivity contribution in [2.45, 2.75) is 13.1 Å². The van der Waals surface area contributed by atoms with Crippen molar-refractivity contribution in [3.8, 4) is 11.5 Å². The van der Waals surface area contributed by atoms with Gasteiger partial charge >= 0.3 is 0 Å². The summed E-state index contributed by atoms with van der Waals surface area (Å²) in [6.07, 6.45) is 1.85. The number of halogens is 1. The molecule has 134 valence electrons. The third kappa shape index (κ3) is 4.17. The summed E-state index contributed by atoms with van der Waals surface area (Å²) in [4.78, 5) is 9.19. The molecule has 0 bridgehead atoms. The molecule has 6 nitrogen and oxygen atoms in total. The second-order valence-electron chi connectivity index (χ2n) is 6.35. The molecule has 2 aromatic heterocycles. The maximum atomic E-state index is 5.86. The molecule has 0 amide bonds. The average Bonchev–Trinajstić information content (AvgIpc) is 3.13. The highest BCUT2D eigenvalue weighted by Crippen LogP contribution is 2.26. The molecule has 7 heteroatoms. The summed E-state index contributed by atoms with van der Waals surface area (Å²) >= 11 is 3.53. The predicted molar refractivity (Wildman–Crippen MR) is 102 cm³/mol. The van der Waals surface area contributed by atoms with Crippen molar-refractivity contribution < 1.29 is 4.42 Å². The summed E-state index contributed by atoms with van der Waals surface area (Å²) in [5, 5.41) is 8.40. The molecule has 1 aliphatic heterocycles. The lowest BCUT2D eigenvalue weighted by molar-refractivity contribution is 0.113. The summed E-state index contributed by atoms with van der Waals surface area (Å²) in [7, 11) is 0. The van der Waals surface area contributed by atoms with Crippen LogP contribution >= 0.6 is 15.9 Å². The molecular weight excluding hydrogens is 394 g/mol. The third-order valence-corrected chi connectivity index (χ3v) is 5.20. The Morgan fingerprint density at radius 2 is 1.62 bits per heavy atom. The SMILES string of the molecule is Brc1ccccc1-c1nnc(CN2CCN(Cc3ccccn3)CC2)o1. The number of aromatic nitrogens is 3. The van der Waals surface area contributed by atoms with E-state index in [0.717, 1.165) is 48.5 Å². The van der Waals surface area contributed by atoms with E-state index in [-0.39, 0.29) is 0 Å². The van der Waals surface area contributed by atoms with Crippen LogP contribution in [0.3, 0.4) is 0 Å². The van der Waals surface area contributed by atoms with Crippen LogP contribution in [0.5, 0.6) is 0 Å². The van der Waals surface area contributed by atoms with Crippen LogP contribution in [0.1, 0.15) is 11.6 Å². The van der Waals surface area contributed by atoms with Crippen molar-refractivity contribution >= 4 is 15.9 Å². The molecule has 26 heavy (non-hydrogen) atoms. The van der Waals surface area contributed by atoms with Gasteiger partial charge in [0.2, 0.25) is 11.8 Å². The van der Waals surface area contributed by atoms with E-state index in [9.17, 15) is 0 Å². The third-order valence-electron chi connectivity index (χ3n) is 4.51. The van der Waals surface area contributed by atoms with Gasteiger partial charge in [-0.3, -0.25) is 14.8 Å². The smallest absolute Gasteiger partial charge is 0.248 e. The standard InChI is InChI=1S/C19H20BrN5O/c20-17-7-2-1-6-16(17)19-23-22-18(26-19)14-25-11-9-24(10-12-25)13-15-5-3-4-8-21-15/h1-8H,9-14H2. The predicted octanol–water partition coefficient (Wildman–Crippen LogP) is 3.21. The molecule has 0 saturated carbocycles. The number of benzene rings is 1. The Kier molecular flexibility index (Phi) is 5.38. The normalized spacial score (nSPS) is 16.0. The van der Waals surface area contributed by atoms with Gasteiger partial charge in [0.15, 0.2) is 0 Å². The molecule has 1 aromatic carbocycles. The van der Waals surface area contributed by atoms with Crippen molar-refractivity contribution in [3.05, 3.63) is 64.7 Å². The zero-order valence-corrected chi connectivity index (χ0v) is 16.0. The van der Waals surface area contributed by atoms with E-state index in [4.69, 9.17) is 4.42 Å². The number of hydrogen-bond acceptors (Lipinski definition) is 6. The van der Waals surface area contributed by atoms with Gasteiger partial charge in [-0.15, -0.1) is 10.2 Å². The molecule has 1 saturated heterocycles. The van der Waals surface area contributed by atoms with Gasteiger partial charge in [-0.1, -0.05) is 18.2 Å². The Morgan fingerprint density at radius 1 is 0.885 bits per heavy atom. The molecule has 3 aromatic rings. The maximum absolute atomic E-state index is 5.86. The number of piperazine rings is 1. The lowest BCUT2D eigenvalue weighted by atomic mass is 10.2. The van der Waals surface area contributed by atoms with E-state index in [1.807, 2.05) is 42.6 Å². The van der Waals surface area contributed by atoms with E-state index < -0.39 is 0 Å². The highest BCUT2D eigenvalue weighted by Gasteiger charge is 2.20. The van der Waals surface area contributed by atoms with Gasteiger partial charge in [-0.05, 0) is 40.2 Å². The fraction of sp³-hybridized carbons (Fsp3) is 0.316. The molecule has 0 aliphatic carbocycles. The first-order chi connectivity index (χ1) is 12.8. The minimum absolute atomic E-state index is 0.557. The largest absolute Gasteiger partial charge is 0.419 e. The van der Waals surface area contributed by atoms with Crippen molar-refractivity contribution in [1.82, 2.24) is 25.0 Å². The van der Waals surface area contributed by atoms with Crippen molar-refractivity contribution in [2.75, 3.05) is 26.2 Å². The Bertz CT molecular complexity index is 846. The van der Waals surface area contributed by atoms with Gasteiger partial charge in [0.05, 0.1) is 17.8 Å². The van der Waals surface area contributed by atoms with Gasteiger partial charge in [-0.25, -0.2) is 0 Å². The molecule has 0 atom stereocenters. The minimum Gasteiger partial charge on any atom is -0.419 e. The van der Waals surface area contributed by atoms with E-state index >= 15 is 0 Å². The van der Waals surface area contributed by atoms with E-state index in [0.29, 0.717) is 18.3 Å². The molecule has 1 aliphatic rings. The van der Waals surface area contributed by atoms with Gasteiger partial charge in [0.25, 0.3) is 0 Å². The van der Waals surface area contributed by atoms with Gasteiger partial charge < -0.3 is 4.42 Å². The van der Waals surface area contributed by atoms with Crippen LogP contribution in [0.25, 0.3) is 11.5 Å². The number of rotatable bonds is 5. The highest BCUT2D eigenvalue weighted by atomic mass is 79.9. The van der Waals surface area contributed by atoms with Gasteiger partial charge in [0.1, 0.15) is 0 Å². The van der Waals surface area contributed by atoms with Gasteiger partial charge in [0, 0.05) is 43.4 Å². The number of nitrogens with zero attached hydrogens (tertiary/aromatic N) is 5. The molecule has 1 fully saturated rings. The summed E-state index contributed by atoms with van der Waals surface area (Å²) in [5.74, 6) is 1.22. The average molecular weight is 414 g/mol. The molecule has 0 radical (unpaired) electrons. The van der Waals surface area contributed by atoms with E-state index in [1.165, 1.54) is 0 Å². The summed E-state index contributed by atoms with van der Waals surface area (Å²) < 4.78 is 6.82. The Balaban J connectivity index is 1.32. The highest BCUT2D eigenvalue weighted by molar-refractivity contribution is 9.10. The zero-order chi connectivity index (χ0) is 17.8. The molecular formula is C19H20BrN5O. The molecule has 0 spiro atoms. The number of pyridine rings is 1. The fourth-order valence-corrected chi connectivity index (χ4v) is 3.53. The van der Waals surface area contributed by atoms with Crippen LogP contribution in [0.2, 0.25) is 0 Å².